The lowest BCUT2D eigenvalue weighted by Crippen LogP contribution is -2.25. The summed E-state index contributed by atoms with van der Waals surface area (Å²) < 4.78 is 0. The summed E-state index contributed by atoms with van der Waals surface area (Å²) in [4.78, 5) is 15.6. The Morgan fingerprint density at radius 1 is 1.59 bits per heavy atom. The van der Waals surface area contributed by atoms with Crippen LogP contribution in [0.2, 0.25) is 0 Å². The second-order valence-corrected chi connectivity index (χ2v) is 4.85. The van der Waals surface area contributed by atoms with Crippen molar-refractivity contribution in [3.05, 3.63) is 23.9 Å². The molecule has 1 aromatic heterocycles. The molecule has 0 saturated heterocycles. The Kier molecular flexibility index (Phi) is 6.00. The van der Waals surface area contributed by atoms with Crippen molar-refractivity contribution in [1.29, 1.82) is 0 Å². The Morgan fingerprint density at radius 3 is 2.88 bits per heavy atom. The van der Waals surface area contributed by atoms with E-state index in [4.69, 9.17) is 5.73 Å². The molecule has 17 heavy (non-hydrogen) atoms. The van der Waals surface area contributed by atoms with Gasteiger partial charge in [0.15, 0.2) is 0 Å². The van der Waals surface area contributed by atoms with Crippen LogP contribution in [0.3, 0.4) is 0 Å². The maximum Gasteiger partial charge on any atom is 0.230 e. The van der Waals surface area contributed by atoms with Crippen LogP contribution in [-0.2, 0) is 4.79 Å². The number of aromatic nitrogens is 1. The summed E-state index contributed by atoms with van der Waals surface area (Å²) in [6.07, 6.45) is 2.72. The minimum Gasteiger partial charge on any atom is -0.355 e. The molecule has 0 saturated carbocycles. The molecule has 1 amide bonds. The fourth-order valence-corrected chi connectivity index (χ4v) is 1.87. The summed E-state index contributed by atoms with van der Waals surface area (Å²) in [5, 5.41) is 3.67. The Bertz CT molecular complexity index is 351. The van der Waals surface area contributed by atoms with E-state index in [1.807, 2.05) is 26.0 Å². The Hall–Kier alpha value is -1.07. The van der Waals surface area contributed by atoms with Crippen LogP contribution in [0, 0.1) is 0 Å². The van der Waals surface area contributed by atoms with E-state index >= 15 is 0 Å². The molecule has 1 rings (SSSR count). The molecule has 0 fully saturated rings. The SMILES string of the molecule is CCCNC(=O)CSc1ccc(C(C)N)cn1. The van der Waals surface area contributed by atoms with E-state index in [0.717, 1.165) is 23.6 Å². The van der Waals surface area contributed by atoms with Crippen molar-refractivity contribution in [2.45, 2.75) is 31.3 Å². The van der Waals surface area contributed by atoms with E-state index in [2.05, 4.69) is 10.3 Å². The highest BCUT2D eigenvalue weighted by Gasteiger charge is 2.04. The van der Waals surface area contributed by atoms with Crippen molar-refractivity contribution in [3.63, 3.8) is 0 Å². The smallest absolute Gasteiger partial charge is 0.230 e. The number of thioether (sulfide) groups is 1. The number of rotatable bonds is 6. The highest BCUT2D eigenvalue weighted by atomic mass is 32.2. The molecule has 1 aromatic rings. The fraction of sp³-hybridized carbons (Fsp3) is 0.500. The summed E-state index contributed by atoms with van der Waals surface area (Å²) in [5.74, 6) is 0.458. The number of nitrogens with two attached hydrogens (primary N) is 1. The largest absolute Gasteiger partial charge is 0.355 e. The first-order valence-corrected chi connectivity index (χ1v) is 6.73. The molecule has 0 bridgehead atoms. The number of carbonyl (C=O) groups excluding carboxylic acids is 1. The van der Waals surface area contributed by atoms with Gasteiger partial charge < -0.3 is 11.1 Å². The molecule has 0 spiro atoms. The standard InChI is InChI=1S/C12H19N3OS/c1-3-6-14-11(16)8-17-12-5-4-10(7-15-12)9(2)13/h4-5,7,9H,3,6,8,13H2,1-2H3,(H,14,16). The molecule has 0 aliphatic carbocycles. The lowest BCUT2D eigenvalue weighted by atomic mass is 10.2. The van der Waals surface area contributed by atoms with E-state index < -0.39 is 0 Å². The van der Waals surface area contributed by atoms with Crippen molar-refractivity contribution < 1.29 is 4.79 Å². The van der Waals surface area contributed by atoms with Gasteiger partial charge in [0.2, 0.25) is 5.91 Å². The lowest BCUT2D eigenvalue weighted by Gasteiger charge is -2.06. The number of hydrogen-bond donors (Lipinski definition) is 2. The van der Waals surface area contributed by atoms with Crippen LogP contribution in [0.5, 0.6) is 0 Å². The zero-order valence-corrected chi connectivity index (χ0v) is 11.1. The number of nitrogens with zero attached hydrogens (tertiary/aromatic N) is 1. The summed E-state index contributed by atoms with van der Waals surface area (Å²) >= 11 is 1.44. The van der Waals surface area contributed by atoms with Gasteiger partial charge in [-0.3, -0.25) is 4.79 Å². The Balaban J connectivity index is 2.39. The van der Waals surface area contributed by atoms with Gasteiger partial charge in [-0.2, -0.15) is 0 Å². The second-order valence-electron chi connectivity index (χ2n) is 3.86. The highest BCUT2D eigenvalue weighted by molar-refractivity contribution is 7.99. The Labute approximate surface area is 106 Å². The molecule has 1 unspecified atom stereocenters. The van der Waals surface area contributed by atoms with Crippen molar-refractivity contribution in [2.24, 2.45) is 5.73 Å². The van der Waals surface area contributed by atoms with Gasteiger partial charge in [0.25, 0.3) is 0 Å². The van der Waals surface area contributed by atoms with Gasteiger partial charge in [-0.25, -0.2) is 4.98 Å². The molecule has 0 radical (unpaired) electrons. The van der Waals surface area contributed by atoms with Gasteiger partial charge in [0.1, 0.15) is 0 Å². The third kappa shape index (κ3) is 5.19. The third-order valence-electron chi connectivity index (χ3n) is 2.21. The van der Waals surface area contributed by atoms with Gasteiger partial charge in [0.05, 0.1) is 10.8 Å². The first-order chi connectivity index (χ1) is 8.13. The van der Waals surface area contributed by atoms with Crippen molar-refractivity contribution >= 4 is 17.7 Å². The molecule has 0 aliphatic rings. The quantitative estimate of drug-likeness (QED) is 0.757. The number of amides is 1. The van der Waals surface area contributed by atoms with E-state index in [1.165, 1.54) is 11.8 Å². The van der Waals surface area contributed by atoms with Gasteiger partial charge in [0, 0.05) is 18.8 Å². The van der Waals surface area contributed by atoms with Gasteiger partial charge in [-0.15, -0.1) is 0 Å². The molecular weight excluding hydrogens is 234 g/mol. The van der Waals surface area contributed by atoms with Crippen LogP contribution < -0.4 is 11.1 Å². The summed E-state index contributed by atoms with van der Waals surface area (Å²) in [6.45, 7) is 4.68. The van der Waals surface area contributed by atoms with Crippen molar-refractivity contribution in [2.75, 3.05) is 12.3 Å². The molecule has 94 valence electrons. The molecular formula is C12H19N3OS. The van der Waals surface area contributed by atoms with Crippen LogP contribution in [0.25, 0.3) is 0 Å². The molecule has 0 aliphatic heterocycles. The molecule has 0 aromatic carbocycles. The molecule has 3 N–H and O–H groups in total. The minimum absolute atomic E-state index is 0.00518. The predicted molar refractivity (Wildman–Crippen MR) is 70.9 cm³/mol. The molecule has 1 heterocycles. The van der Waals surface area contributed by atoms with Crippen molar-refractivity contribution in [3.8, 4) is 0 Å². The average molecular weight is 253 g/mol. The number of nitrogens with one attached hydrogen (secondary N) is 1. The summed E-state index contributed by atoms with van der Waals surface area (Å²) in [6, 6.07) is 3.84. The van der Waals surface area contributed by atoms with Crippen LogP contribution in [-0.4, -0.2) is 23.2 Å². The number of carbonyl (C=O) groups is 1. The normalized spacial score (nSPS) is 12.2. The maximum absolute atomic E-state index is 11.4. The van der Waals surface area contributed by atoms with Gasteiger partial charge in [-0.1, -0.05) is 24.8 Å². The van der Waals surface area contributed by atoms with E-state index in [-0.39, 0.29) is 11.9 Å². The van der Waals surface area contributed by atoms with Crippen LogP contribution in [0.1, 0.15) is 31.9 Å². The first-order valence-electron chi connectivity index (χ1n) is 5.74. The Morgan fingerprint density at radius 2 is 2.35 bits per heavy atom. The lowest BCUT2D eigenvalue weighted by molar-refractivity contribution is -0.118. The van der Waals surface area contributed by atoms with Gasteiger partial charge >= 0.3 is 0 Å². The van der Waals surface area contributed by atoms with Gasteiger partial charge in [-0.05, 0) is 25.0 Å². The first kappa shape index (κ1) is 14.0. The minimum atomic E-state index is -0.00518. The summed E-state index contributed by atoms with van der Waals surface area (Å²) in [5.41, 5.74) is 6.73. The third-order valence-corrected chi connectivity index (χ3v) is 3.15. The second kappa shape index (κ2) is 7.29. The maximum atomic E-state index is 11.4. The molecule has 1 atom stereocenters. The van der Waals surface area contributed by atoms with E-state index in [0.29, 0.717) is 5.75 Å². The van der Waals surface area contributed by atoms with Crippen molar-refractivity contribution in [1.82, 2.24) is 10.3 Å². The number of pyridine rings is 1. The monoisotopic (exact) mass is 253 g/mol. The van der Waals surface area contributed by atoms with E-state index in [9.17, 15) is 4.79 Å². The zero-order chi connectivity index (χ0) is 12.7. The van der Waals surface area contributed by atoms with Crippen LogP contribution in [0.15, 0.2) is 23.4 Å². The highest BCUT2D eigenvalue weighted by Crippen LogP contribution is 2.16. The molecule has 5 heteroatoms. The molecule has 4 nitrogen and oxygen atoms in total. The fourth-order valence-electron chi connectivity index (χ4n) is 1.20. The topological polar surface area (TPSA) is 68.0 Å². The van der Waals surface area contributed by atoms with Crippen LogP contribution >= 0.6 is 11.8 Å². The average Bonchev–Trinajstić information content (AvgIpc) is 2.34. The number of hydrogen-bond acceptors (Lipinski definition) is 4. The predicted octanol–water partition coefficient (Wildman–Crippen LogP) is 1.72. The summed E-state index contributed by atoms with van der Waals surface area (Å²) in [7, 11) is 0. The zero-order valence-electron chi connectivity index (χ0n) is 10.3. The van der Waals surface area contributed by atoms with Crippen LogP contribution in [0.4, 0.5) is 0 Å². The van der Waals surface area contributed by atoms with E-state index in [1.54, 1.807) is 6.20 Å².